The molecule has 0 aliphatic carbocycles. The molecule has 21 heavy (non-hydrogen) atoms. The Morgan fingerprint density at radius 2 is 2.05 bits per heavy atom. The van der Waals surface area contributed by atoms with Crippen molar-refractivity contribution in [1.82, 2.24) is 9.55 Å². The number of rotatable bonds is 5. The number of aliphatic hydroxyl groups excluding tert-OH is 1. The van der Waals surface area contributed by atoms with Gasteiger partial charge in [-0.2, -0.15) is 0 Å². The Morgan fingerprint density at radius 1 is 1.38 bits per heavy atom. The van der Waals surface area contributed by atoms with Gasteiger partial charge in [0.05, 0.1) is 16.6 Å². The fourth-order valence-corrected chi connectivity index (χ4v) is 2.45. The Labute approximate surface area is 124 Å². The highest BCUT2D eigenvalue weighted by atomic mass is 16.4. The van der Waals surface area contributed by atoms with E-state index < -0.39 is 5.97 Å². The van der Waals surface area contributed by atoms with Gasteiger partial charge in [0, 0.05) is 24.5 Å². The van der Waals surface area contributed by atoms with Gasteiger partial charge in [-0.1, -0.05) is 33.8 Å². The van der Waals surface area contributed by atoms with Gasteiger partial charge in [0.15, 0.2) is 0 Å². The largest absolute Gasteiger partial charge is 0.478 e. The number of hydrogen-bond donors (Lipinski definition) is 2. The number of para-hydroxylation sites is 1. The van der Waals surface area contributed by atoms with Crippen LogP contribution in [0.5, 0.6) is 0 Å². The zero-order valence-corrected chi connectivity index (χ0v) is 12.9. The topological polar surface area (TPSA) is 75.3 Å². The standard InChI is InChI=1S/C16H22N2O3/c1-10(2)14-17-12-7-5-6-11(15(20)21)13(12)18(14)8-16(3,4)9-19/h5-7,10,19H,8-9H2,1-4H3,(H,20,21). The molecule has 0 aliphatic heterocycles. The minimum atomic E-state index is -0.959. The summed E-state index contributed by atoms with van der Waals surface area (Å²) in [6.45, 7) is 8.52. The van der Waals surface area contributed by atoms with E-state index in [9.17, 15) is 15.0 Å². The van der Waals surface area contributed by atoms with E-state index in [1.165, 1.54) is 0 Å². The summed E-state index contributed by atoms with van der Waals surface area (Å²) < 4.78 is 1.94. The Kier molecular flexibility index (Phi) is 4.05. The summed E-state index contributed by atoms with van der Waals surface area (Å²) in [6, 6.07) is 5.14. The molecule has 1 heterocycles. The molecule has 5 nitrogen and oxygen atoms in total. The number of nitrogens with zero attached hydrogens (tertiary/aromatic N) is 2. The van der Waals surface area contributed by atoms with Crippen molar-refractivity contribution in [2.75, 3.05) is 6.61 Å². The molecule has 5 heteroatoms. The Bertz CT molecular complexity index is 671. The Balaban J connectivity index is 2.74. The van der Waals surface area contributed by atoms with Crippen LogP contribution in [0.25, 0.3) is 11.0 Å². The molecule has 0 saturated carbocycles. The highest BCUT2D eigenvalue weighted by Crippen LogP contribution is 2.29. The number of aromatic carboxylic acids is 1. The third-order valence-corrected chi connectivity index (χ3v) is 3.56. The molecule has 0 atom stereocenters. The number of imidazole rings is 1. The average Bonchev–Trinajstić information content (AvgIpc) is 2.77. The molecule has 2 aromatic rings. The molecule has 0 radical (unpaired) electrons. The third-order valence-electron chi connectivity index (χ3n) is 3.56. The van der Waals surface area contributed by atoms with E-state index in [1.54, 1.807) is 12.1 Å². The lowest BCUT2D eigenvalue weighted by Gasteiger charge is -2.25. The molecular weight excluding hydrogens is 268 g/mol. The summed E-state index contributed by atoms with van der Waals surface area (Å²) >= 11 is 0. The maximum Gasteiger partial charge on any atom is 0.337 e. The lowest BCUT2D eigenvalue weighted by molar-refractivity contribution is 0.0698. The maximum atomic E-state index is 11.5. The van der Waals surface area contributed by atoms with Crippen LogP contribution in [0.4, 0.5) is 0 Å². The number of carboxylic acid groups (broad SMARTS) is 1. The highest BCUT2D eigenvalue weighted by molar-refractivity contribution is 6.01. The number of fused-ring (bicyclic) bond motifs is 1. The van der Waals surface area contributed by atoms with Crippen LogP contribution < -0.4 is 0 Å². The fourth-order valence-electron chi connectivity index (χ4n) is 2.45. The molecule has 2 rings (SSSR count). The van der Waals surface area contributed by atoms with Gasteiger partial charge in [-0.05, 0) is 12.1 Å². The lowest BCUT2D eigenvalue weighted by Crippen LogP contribution is -2.25. The second-order valence-electron chi connectivity index (χ2n) is 6.51. The summed E-state index contributed by atoms with van der Waals surface area (Å²) in [7, 11) is 0. The van der Waals surface area contributed by atoms with E-state index in [4.69, 9.17) is 0 Å². The van der Waals surface area contributed by atoms with E-state index in [-0.39, 0.29) is 23.5 Å². The lowest BCUT2D eigenvalue weighted by atomic mass is 9.94. The van der Waals surface area contributed by atoms with Crippen molar-refractivity contribution in [1.29, 1.82) is 0 Å². The van der Waals surface area contributed by atoms with Crippen molar-refractivity contribution >= 4 is 17.0 Å². The third kappa shape index (κ3) is 2.93. The average molecular weight is 290 g/mol. The maximum absolute atomic E-state index is 11.5. The summed E-state index contributed by atoms with van der Waals surface area (Å²) in [5.41, 5.74) is 1.23. The molecular formula is C16H22N2O3. The van der Waals surface area contributed by atoms with Crippen molar-refractivity contribution in [2.24, 2.45) is 5.41 Å². The monoisotopic (exact) mass is 290 g/mol. The SMILES string of the molecule is CC(C)c1nc2cccc(C(=O)O)c2n1CC(C)(C)CO. The van der Waals surface area contributed by atoms with Crippen LogP contribution >= 0.6 is 0 Å². The van der Waals surface area contributed by atoms with E-state index in [0.29, 0.717) is 17.6 Å². The molecule has 0 amide bonds. The quantitative estimate of drug-likeness (QED) is 0.888. The van der Waals surface area contributed by atoms with Crippen LogP contribution in [0.2, 0.25) is 0 Å². The van der Waals surface area contributed by atoms with E-state index in [0.717, 1.165) is 5.82 Å². The summed E-state index contributed by atoms with van der Waals surface area (Å²) in [6.07, 6.45) is 0. The minimum Gasteiger partial charge on any atom is -0.478 e. The van der Waals surface area contributed by atoms with Crippen molar-refractivity contribution in [2.45, 2.75) is 40.2 Å². The molecule has 0 bridgehead atoms. The van der Waals surface area contributed by atoms with Crippen LogP contribution in [0.15, 0.2) is 18.2 Å². The predicted molar refractivity (Wildman–Crippen MR) is 81.6 cm³/mol. The number of benzene rings is 1. The second kappa shape index (κ2) is 5.48. The van der Waals surface area contributed by atoms with Crippen LogP contribution in [-0.4, -0.2) is 32.3 Å². The molecule has 0 unspecified atom stereocenters. The van der Waals surface area contributed by atoms with Crippen LogP contribution in [0, 0.1) is 5.41 Å². The van der Waals surface area contributed by atoms with Crippen LogP contribution in [-0.2, 0) is 6.54 Å². The first-order valence-corrected chi connectivity index (χ1v) is 7.10. The first kappa shape index (κ1) is 15.5. The minimum absolute atomic E-state index is 0.0272. The van der Waals surface area contributed by atoms with Crippen molar-refractivity contribution in [3.8, 4) is 0 Å². The van der Waals surface area contributed by atoms with Crippen LogP contribution in [0.1, 0.15) is 49.8 Å². The number of carboxylic acids is 1. The van der Waals surface area contributed by atoms with Gasteiger partial charge in [0.2, 0.25) is 0 Å². The smallest absolute Gasteiger partial charge is 0.337 e. The first-order chi connectivity index (χ1) is 9.76. The number of aliphatic hydroxyl groups is 1. The van der Waals surface area contributed by atoms with Gasteiger partial charge in [0.1, 0.15) is 5.82 Å². The molecule has 0 saturated heterocycles. The number of aromatic nitrogens is 2. The molecule has 1 aromatic heterocycles. The summed E-state index contributed by atoms with van der Waals surface area (Å²) in [5, 5.41) is 18.9. The number of carbonyl (C=O) groups is 1. The van der Waals surface area contributed by atoms with E-state index in [2.05, 4.69) is 4.98 Å². The van der Waals surface area contributed by atoms with Gasteiger partial charge in [-0.3, -0.25) is 0 Å². The van der Waals surface area contributed by atoms with Gasteiger partial charge >= 0.3 is 5.97 Å². The van der Waals surface area contributed by atoms with Crippen molar-refractivity contribution in [3.05, 3.63) is 29.6 Å². The first-order valence-electron chi connectivity index (χ1n) is 7.10. The van der Waals surface area contributed by atoms with Crippen LogP contribution in [0.3, 0.4) is 0 Å². The zero-order valence-electron chi connectivity index (χ0n) is 12.9. The van der Waals surface area contributed by atoms with E-state index in [1.807, 2.05) is 38.3 Å². The molecule has 0 aliphatic rings. The molecule has 0 fully saturated rings. The normalized spacial score (nSPS) is 12.3. The number of hydrogen-bond acceptors (Lipinski definition) is 3. The van der Waals surface area contributed by atoms with Gasteiger partial charge in [-0.15, -0.1) is 0 Å². The fraction of sp³-hybridized carbons (Fsp3) is 0.500. The van der Waals surface area contributed by atoms with Gasteiger partial charge < -0.3 is 14.8 Å². The van der Waals surface area contributed by atoms with Gasteiger partial charge in [-0.25, -0.2) is 9.78 Å². The van der Waals surface area contributed by atoms with Gasteiger partial charge in [0.25, 0.3) is 0 Å². The second-order valence-corrected chi connectivity index (χ2v) is 6.51. The molecule has 1 aromatic carbocycles. The molecule has 0 spiro atoms. The predicted octanol–water partition coefficient (Wildman–Crippen LogP) is 2.88. The van der Waals surface area contributed by atoms with Crippen molar-refractivity contribution < 1.29 is 15.0 Å². The molecule has 114 valence electrons. The van der Waals surface area contributed by atoms with Crippen molar-refractivity contribution in [3.63, 3.8) is 0 Å². The Morgan fingerprint density at radius 3 is 2.57 bits per heavy atom. The summed E-state index contributed by atoms with van der Waals surface area (Å²) in [4.78, 5) is 16.1. The van der Waals surface area contributed by atoms with E-state index >= 15 is 0 Å². The zero-order chi connectivity index (χ0) is 15.8. The highest BCUT2D eigenvalue weighted by Gasteiger charge is 2.24. The molecule has 2 N–H and O–H groups in total. The Hall–Kier alpha value is -1.88. The summed E-state index contributed by atoms with van der Waals surface area (Å²) in [5.74, 6) is 0.0626.